The van der Waals surface area contributed by atoms with Crippen molar-refractivity contribution in [3.05, 3.63) is 65.4 Å². The van der Waals surface area contributed by atoms with E-state index in [1.807, 2.05) is 30.3 Å². The Balaban J connectivity index is 1.66. The second kappa shape index (κ2) is 6.76. The first-order valence-corrected chi connectivity index (χ1v) is 7.45. The van der Waals surface area contributed by atoms with Crippen molar-refractivity contribution in [3.63, 3.8) is 0 Å². The van der Waals surface area contributed by atoms with E-state index in [4.69, 9.17) is 28.3 Å². The Morgan fingerprint density at radius 3 is 2.61 bits per heavy atom. The SMILES string of the molecule is Fc1ccc(NC(=S)Nc2cc(-c3ccccc3)no2)cc1Cl. The highest BCUT2D eigenvalue weighted by molar-refractivity contribution is 7.80. The summed E-state index contributed by atoms with van der Waals surface area (Å²) in [6.45, 7) is 0. The van der Waals surface area contributed by atoms with E-state index in [1.54, 1.807) is 6.07 Å². The molecular formula is C16H11ClFN3OS. The highest BCUT2D eigenvalue weighted by Gasteiger charge is 2.08. The molecule has 0 fully saturated rings. The summed E-state index contributed by atoms with van der Waals surface area (Å²) in [6.07, 6.45) is 0. The lowest BCUT2D eigenvalue weighted by molar-refractivity contribution is 0.438. The first-order valence-electron chi connectivity index (χ1n) is 6.67. The Hall–Kier alpha value is -2.44. The maximum Gasteiger partial charge on any atom is 0.231 e. The summed E-state index contributed by atoms with van der Waals surface area (Å²) in [5.41, 5.74) is 2.20. The molecule has 0 spiro atoms. The van der Waals surface area contributed by atoms with E-state index in [2.05, 4.69) is 15.8 Å². The molecule has 0 amide bonds. The average molecular weight is 348 g/mol. The number of halogens is 2. The second-order valence-corrected chi connectivity index (χ2v) is 5.47. The van der Waals surface area contributed by atoms with E-state index in [0.717, 1.165) is 5.56 Å². The molecule has 1 aromatic heterocycles. The molecule has 7 heteroatoms. The van der Waals surface area contributed by atoms with Crippen LogP contribution in [-0.4, -0.2) is 10.3 Å². The molecule has 0 aliphatic heterocycles. The van der Waals surface area contributed by atoms with Gasteiger partial charge in [0.1, 0.15) is 11.5 Å². The van der Waals surface area contributed by atoms with Gasteiger partial charge in [-0.3, -0.25) is 0 Å². The van der Waals surface area contributed by atoms with Crippen molar-refractivity contribution in [1.29, 1.82) is 0 Å². The van der Waals surface area contributed by atoms with Crippen LogP contribution in [0, 0.1) is 5.82 Å². The van der Waals surface area contributed by atoms with E-state index >= 15 is 0 Å². The highest BCUT2D eigenvalue weighted by atomic mass is 35.5. The minimum atomic E-state index is -0.487. The molecule has 0 aliphatic rings. The first-order chi connectivity index (χ1) is 11.1. The summed E-state index contributed by atoms with van der Waals surface area (Å²) in [6, 6.07) is 15.6. The molecule has 3 rings (SSSR count). The van der Waals surface area contributed by atoms with Gasteiger partial charge in [0.15, 0.2) is 5.11 Å². The lowest BCUT2D eigenvalue weighted by atomic mass is 10.2. The number of benzene rings is 2. The van der Waals surface area contributed by atoms with Crippen LogP contribution in [0.1, 0.15) is 0 Å². The number of thiocarbonyl (C=S) groups is 1. The summed E-state index contributed by atoms with van der Waals surface area (Å²) in [5, 5.41) is 10.0. The van der Waals surface area contributed by atoms with Crippen molar-refractivity contribution >= 4 is 40.5 Å². The van der Waals surface area contributed by atoms with Crippen LogP contribution in [-0.2, 0) is 0 Å². The maximum absolute atomic E-state index is 13.1. The zero-order valence-corrected chi connectivity index (χ0v) is 13.3. The van der Waals surface area contributed by atoms with Gasteiger partial charge in [-0.25, -0.2) is 4.39 Å². The monoisotopic (exact) mass is 347 g/mol. The third kappa shape index (κ3) is 3.85. The van der Waals surface area contributed by atoms with Crippen molar-refractivity contribution in [3.8, 4) is 11.3 Å². The molecule has 0 atom stereocenters. The van der Waals surface area contributed by atoms with Crippen LogP contribution in [0.3, 0.4) is 0 Å². The number of nitrogens with zero attached hydrogens (tertiary/aromatic N) is 1. The van der Waals surface area contributed by atoms with Gasteiger partial charge in [-0.2, -0.15) is 0 Å². The summed E-state index contributed by atoms with van der Waals surface area (Å²) in [5.74, 6) is -0.0895. The molecule has 0 aliphatic carbocycles. The fraction of sp³-hybridized carbons (Fsp3) is 0. The van der Waals surface area contributed by atoms with E-state index in [0.29, 0.717) is 17.3 Å². The van der Waals surface area contributed by atoms with Gasteiger partial charge in [0.25, 0.3) is 0 Å². The number of nitrogens with one attached hydrogen (secondary N) is 2. The van der Waals surface area contributed by atoms with Crippen molar-refractivity contribution in [2.45, 2.75) is 0 Å². The van der Waals surface area contributed by atoms with Crippen LogP contribution in [0.4, 0.5) is 16.0 Å². The fourth-order valence-electron chi connectivity index (χ4n) is 1.93. The van der Waals surface area contributed by atoms with Gasteiger partial charge in [0.05, 0.1) is 5.02 Å². The molecule has 0 unspecified atom stereocenters. The Labute approximate surface area is 142 Å². The molecule has 4 nitrogen and oxygen atoms in total. The fourth-order valence-corrected chi connectivity index (χ4v) is 2.33. The van der Waals surface area contributed by atoms with Crippen molar-refractivity contribution in [1.82, 2.24) is 5.16 Å². The molecule has 0 saturated heterocycles. The van der Waals surface area contributed by atoms with E-state index in [1.165, 1.54) is 18.2 Å². The Morgan fingerprint density at radius 1 is 1.09 bits per heavy atom. The van der Waals surface area contributed by atoms with Crippen LogP contribution in [0.25, 0.3) is 11.3 Å². The van der Waals surface area contributed by atoms with Gasteiger partial charge in [0, 0.05) is 17.3 Å². The van der Waals surface area contributed by atoms with E-state index in [9.17, 15) is 4.39 Å². The van der Waals surface area contributed by atoms with Gasteiger partial charge in [0.2, 0.25) is 5.88 Å². The number of rotatable bonds is 3. The van der Waals surface area contributed by atoms with Gasteiger partial charge < -0.3 is 15.2 Å². The van der Waals surface area contributed by atoms with Crippen LogP contribution >= 0.6 is 23.8 Å². The molecule has 0 bridgehead atoms. The Morgan fingerprint density at radius 2 is 1.87 bits per heavy atom. The van der Waals surface area contributed by atoms with Crippen molar-refractivity contribution in [2.24, 2.45) is 0 Å². The lowest BCUT2D eigenvalue weighted by Crippen LogP contribution is -2.18. The third-order valence-electron chi connectivity index (χ3n) is 2.99. The van der Waals surface area contributed by atoms with E-state index < -0.39 is 5.82 Å². The summed E-state index contributed by atoms with van der Waals surface area (Å²) < 4.78 is 18.3. The van der Waals surface area contributed by atoms with Crippen molar-refractivity contribution in [2.75, 3.05) is 10.6 Å². The topological polar surface area (TPSA) is 50.1 Å². The standard InChI is InChI=1S/C16H11ClFN3OS/c17-12-8-11(6-7-13(12)18)19-16(23)20-15-9-14(21-22-15)10-4-2-1-3-5-10/h1-9H,(H2,19,20,23). The molecule has 0 radical (unpaired) electrons. The third-order valence-corrected chi connectivity index (χ3v) is 3.49. The maximum atomic E-state index is 13.1. The van der Waals surface area contributed by atoms with Crippen molar-refractivity contribution < 1.29 is 8.91 Å². The van der Waals surface area contributed by atoms with E-state index in [-0.39, 0.29) is 10.1 Å². The predicted octanol–water partition coefficient (Wildman–Crippen LogP) is 4.94. The molecule has 1 heterocycles. The number of hydrogen-bond acceptors (Lipinski definition) is 3. The minimum Gasteiger partial charge on any atom is -0.338 e. The molecular weight excluding hydrogens is 337 g/mol. The summed E-state index contributed by atoms with van der Waals surface area (Å²) in [7, 11) is 0. The molecule has 23 heavy (non-hydrogen) atoms. The smallest absolute Gasteiger partial charge is 0.231 e. The van der Waals surface area contributed by atoms with Gasteiger partial charge in [-0.15, -0.1) is 0 Å². The number of hydrogen-bond donors (Lipinski definition) is 2. The minimum absolute atomic E-state index is 0.0174. The molecule has 116 valence electrons. The molecule has 2 aromatic carbocycles. The summed E-state index contributed by atoms with van der Waals surface area (Å²) >= 11 is 10.9. The highest BCUT2D eigenvalue weighted by Crippen LogP contribution is 2.22. The van der Waals surface area contributed by atoms with Gasteiger partial charge in [-0.1, -0.05) is 47.1 Å². The number of aromatic nitrogens is 1. The quantitative estimate of drug-likeness (QED) is 0.657. The predicted molar refractivity (Wildman–Crippen MR) is 93.2 cm³/mol. The molecule has 0 saturated carbocycles. The lowest BCUT2D eigenvalue weighted by Gasteiger charge is -2.08. The van der Waals surface area contributed by atoms with Gasteiger partial charge >= 0.3 is 0 Å². The van der Waals surface area contributed by atoms with Gasteiger partial charge in [-0.05, 0) is 30.4 Å². The van der Waals surface area contributed by atoms with Crippen LogP contribution in [0.2, 0.25) is 5.02 Å². The molecule has 2 N–H and O–H groups in total. The zero-order valence-electron chi connectivity index (χ0n) is 11.7. The van der Waals surface area contributed by atoms with Crippen LogP contribution in [0.5, 0.6) is 0 Å². The molecule has 3 aromatic rings. The largest absolute Gasteiger partial charge is 0.338 e. The van der Waals surface area contributed by atoms with Crippen LogP contribution < -0.4 is 10.6 Å². The van der Waals surface area contributed by atoms with Crippen LogP contribution in [0.15, 0.2) is 59.1 Å². The Bertz CT molecular complexity index is 838. The first kappa shape index (κ1) is 15.5. The Kier molecular flexibility index (Phi) is 4.55. The average Bonchev–Trinajstić information content (AvgIpc) is 3.00. The zero-order chi connectivity index (χ0) is 16.2. The normalized spacial score (nSPS) is 10.3. The summed E-state index contributed by atoms with van der Waals surface area (Å²) in [4.78, 5) is 0. The number of anilines is 2. The second-order valence-electron chi connectivity index (χ2n) is 4.65.